The molecule has 4 aliphatic carbocycles. The third kappa shape index (κ3) is 1.54. The van der Waals surface area contributed by atoms with Gasteiger partial charge in [-0.15, -0.1) is 0 Å². The Balaban J connectivity index is 1.72. The maximum absolute atomic E-state index is 12.0. The molecule has 3 saturated carbocycles. The highest BCUT2D eigenvalue weighted by atomic mass is 16.3. The summed E-state index contributed by atoms with van der Waals surface area (Å²) in [6.07, 6.45) is 6.89. The van der Waals surface area contributed by atoms with E-state index in [4.69, 9.17) is 0 Å². The van der Waals surface area contributed by atoms with Gasteiger partial charge in [-0.3, -0.25) is 4.79 Å². The first kappa shape index (κ1) is 14.0. The molecule has 0 saturated heterocycles. The lowest BCUT2D eigenvalue weighted by Crippen LogP contribution is -2.53. The Hall–Kier alpha value is -0.670. The van der Waals surface area contributed by atoms with E-state index in [0.717, 1.165) is 38.5 Å². The van der Waals surface area contributed by atoms with Crippen molar-refractivity contribution in [1.82, 2.24) is 0 Å². The van der Waals surface area contributed by atoms with Crippen LogP contribution in [0.3, 0.4) is 0 Å². The Labute approximate surface area is 126 Å². The highest BCUT2D eigenvalue weighted by Crippen LogP contribution is 2.65. The molecule has 0 radical (unpaired) electrons. The van der Waals surface area contributed by atoms with E-state index in [0.29, 0.717) is 17.8 Å². The zero-order valence-corrected chi connectivity index (χ0v) is 13.0. The van der Waals surface area contributed by atoms with E-state index >= 15 is 0 Å². The average molecular weight is 290 g/mol. The second kappa shape index (κ2) is 4.20. The zero-order valence-electron chi connectivity index (χ0n) is 13.0. The molecule has 3 nitrogen and oxygen atoms in total. The molecule has 3 heteroatoms. The Morgan fingerprint density at radius 3 is 2.62 bits per heavy atom. The van der Waals surface area contributed by atoms with Crippen molar-refractivity contribution in [3.63, 3.8) is 0 Å². The second-order valence-electron chi connectivity index (χ2n) is 8.31. The lowest BCUT2D eigenvalue weighted by atomic mass is 9.49. The number of hydrogen-bond acceptors (Lipinski definition) is 3. The van der Waals surface area contributed by atoms with E-state index in [1.54, 1.807) is 6.08 Å². The largest absolute Gasteiger partial charge is 0.393 e. The van der Waals surface area contributed by atoms with Crippen molar-refractivity contribution in [2.45, 2.75) is 64.6 Å². The lowest BCUT2D eigenvalue weighted by molar-refractivity contribution is -0.134. The molecule has 0 heterocycles. The number of carbonyl (C=O) groups excluding carboxylic acids is 1. The summed E-state index contributed by atoms with van der Waals surface area (Å²) in [6.45, 7) is 4.37. The minimum atomic E-state index is -0.837. The van der Waals surface area contributed by atoms with Crippen LogP contribution in [0.4, 0.5) is 0 Å². The number of aliphatic hydroxyl groups excluding tert-OH is 2. The van der Waals surface area contributed by atoms with E-state index in [-0.39, 0.29) is 22.7 Å². The zero-order chi connectivity index (χ0) is 15.0. The third-order valence-electron chi connectivity index (χ3n) is 7.75. The maximum Gasteiger partial charge on any atom is 0.184 e. The van der Waals surface area contributed by atoms with E-state index in [9.17, 15) is 15.0 Å². The van der Waals surface area contributed by atoms with Crippen molar-refractivity contribution in [3.8, 4) is 0 Å². The third-order valence-corrected chi connectivity index (χ3v) is 7.75. The van der Waals surface area contributed by atoms with Crippen LogP contribution in [0.1, 0.15) is 52.4 Å². The van der Waals surface area contributed by atoms with E-state index in [1.807, 2.05) is 0 Å². The van der Waals surface area contributed by atoms with Crippen molar-refractivity contribution in [3.05, 3.63) is 11.6 Å². The summed E-state index contributed by atoms with van der Waals surface area (Å²) in [5, 5.41) is 20.9. The molecule has 21 heavy (non-hydrogen) atoms. The molecule has 4 rings (SSSR count). The summed E-state index contributed by atoms with van der Waals surface area (Å²) >= 11 is 0. The van der Waals surface area contributed by atoms with Crippen LogP contribution in [-0.4, -0.2) is 28.2 Å². The number of aliphatic hydroxyl groups is 2. The minimum Gasteiger partial charge on any atom is -0.393 e. The highest BCUT2D eigenvalue weighted by molar-refractivity contribution is 5.98. The molecule has 6 unspecified atom stereocenters. The van der Waals surface area contributed by atoms with E-state index in [1.165, 1.54) is 5.57 Å². The van der Waals surface area contributed by atoms with Crippen molar-refractivity contribution in [2.24, 2.45) is 28.6 Å². The van der Waals surface area contributed by atoms with Gasteiger partial charge in [0, 0.05) is 5.41 Å². The van der Waals surface area contributed by atoms with Crippen LogP contribution in [-0.2, 0) is 4.79 Å². The number of fused-ring (bicyclic) bond motifs is 5. The van der Waals surface area contributed by atoms with Gasteiger partial charge in [0.15, 0.2) is 5.78 Å². The number of hydrogen-bond donors (Lipinski definition) is 2. The molecule has 0 spiro atoms. The first-order valence-corrected chi connectivity index (χ1v) is 8.50. The van der Waals surface area contributed by atoms with Crippen LogP contribution in [0, 0.1) is 28.6 Å². The van der Waals surface area contributed by atoms with Gasteiger partial charge in [0.1, 0.15) is 6.10 Å². The van der Waals surface area contributed by atoms with Gasteiger partial charge in [0.25, 0.3) is 0 Å². The molecular formula is C18H26O3. The fourth-order valence-electron chi connectivity index (χ4n) is 6.39. The van der Waals surface area contributed by atoms with Gasteiger partial charge in [-0.2, -0.15) is 0 Å². The summed E-state index contributed by atoms with van der Waals surface area (Å²) in [6, 6.07) is 0. The number of carbonyl (C=O) groups is 1. The predicted molar refractivity (Wildman–Crippen MR) is 79.5 cm³/mol. The molecule has 0 aromatic carbocycles. The molecule has 2 N–H and O–H groups in total. The van der Waals surface area contributed by atoms with Gasteiger partial charge in [0.2, 0.25) is 0 Å². The number of rotatable bonds is 0. The van der Waals surface area contributed by atoms with Gasteiger partial charge >= 0.3 is 0 Å². The van der Waals surface area contributed by atoms with Crippen molar-refractivity contribution in [1.29, 1.82) is 0 Å². The van der Waals surface area contributed by atoms with Crippen molar-refractivity contribution in [2.75, 3.05) is 0 Å². The summed E-state index contributed by atoms with van der Waals surface area (Å²) in [4.78, 5) is 12.0. The molecule has 116 valence electrons. The summed E-state index contributed by atoms with van der Waals surface area (Å²) in [7, 11) is 0. The fourth-order valence-corrected chi connectivity index (χ4v) is 6.39. The quantitative estimate of drug-likeness (QED) is 0.720. The van der Waals surface area contributed by atoms with Gasteiger partial charge < -0.3 is 10.2 Å². The van der Waals surface area contributed by atoms with Gasteiger partial charge in [-0.05, 0) is 67.8 Å². The van der Waals surface area contributed by atoms with Crippen LogP contribution < -0.4 is 0 Å². The SMILES string of the molecule is CC12CCC3C(CCC4=CC(=O)[C@@H](O)C43C)C1CCC2O. The monoisotopic (exact) mass is 290 g/mol. The van der Waals surface area contributed by atoms with Crippen LogP contribution in [0.5, 0.6) is 0 Å². The molecule has 0 aliphatic heterocycles. The summed E-state index contributed by atoms with van der Waals surface area (Å²) in [5.41, 5.74) is 0.907. The molecule has 0 aromatic rings. The molecule has 3 fully saturated rings. The first-order valence-electron chi connectivity index (χ1n) is 8.50. The van der Waals surface area contributed by atoms with Crippen LogP contribution >= 0.6 is 0 Å². The topological polar surface area (TPSA) is 57.5 Å². The van der Waals surface area contributed by atoms with Crippen LogP contribution in [0.2, 0.25) is 0 Å². The molecule has 0 bridgehead atoms. The Morgan fingerprint density at radius 2 is 1.86 bits per heavy atom. The van der Waals surface area contributed by atoms with E-state index < -0.39 is 6.10 Å². The van der Waals surface area contributed by atoms with Gasteiger partial charge in [0.05, 0.1) is 6.10 Å². The second-order valence-corrected chi connectivity index (χ2v) is 8.31. The normalized spacial score (nSPS) is 55.7. The molecule has 0 amide bonds. The summed E-state index contributed by atoms with van der Waals surface area (Å²) in [5.74, 6) is 1.44. The highest BCUT2D eigenvalue weighted by Gasteiger charge is 2.62. The van der Waals surface area contributed by atoms with Crippen molar-refractivity contribution < 1.29 is 15.0 Å². The van der Waals surface area contributed by atoms with E-state index in [2.05, 4.69) is 13.8 Å². The first-order chi connectivity index (χ1) is 9.89. The van der Waals surface area contributed by atoms with Gasteiger partial charge in [-0.25, -0.2) is 0 Å². The van der Waals surface area contributed by atoms with Crippen molar-refractivity contribution >= 4 is 5.78 Å². The summed E-state index contributed by atoms with van der Waals surface area (Å²) < 4.78 is 0. The molecule has 0 aromatic heterocycles. The van der Waals surface area contributed by atoms with Crippen LogP contribution in [0.15, 0.2) is 11.6 Å². The predicted octanol–water partition coefficient (Wildman–Crippen LogP) is 2.46. The average Bonchev–Trinajstić information content (AvgIpc) is 2.88. The Kier molecular flexibility index (Phi) is 2.79. The van der Waals surface area contributed by atoms with Gasteiger partial charge in [-0.1, -0.05) is 19.4 Å². The number of ketones is 1. The Bertz CT molecular complexity index is 525. The minimum absolute atomic E-state index is 0.0618. The lowest BCUT2D eigenvalue weighted by Gasteiger charge is -2.56. The van der Waals surface area contributed by atoms with Crippen LogP contribution in [0.25, 0.3) is 0 Å². The molecule has 7 atom stereocenters. The maximum atomic E-state index is 12.0. The smallest absolute Gasteiger partial charge is 0.184 e. The Morgan fingerprint density at radius 1 is 1.10 bits per heavy atom. The molecular weight excluding hydrogens is 264 g/mol. The standard InChI is InChI=1S/C18H26O3/c1-17-8-7-13-11(12(17)5-6-15(17)20)4-3-10-9-14(19)16(21)18(10,13)2/h9,11-13,15-16,20-21H,3-8H2,1-2H3/t11?,12?,13?,15?,16-,17?,18?/m1/s1. The molecule has 4 aliphatic rings. The fraction of sp³-hybridized carbons (Fsp3) is 0.833.